The summed E-state index contributed by atoms with van der Waals surface area (Å²) >= 11 is 0. The van der Waals surface area contributed by atoms with Gasteiger partial charge in [-0.2, -0.15) is 0 Å². The van der Waals surface area contributed by atoms with Crippen molar-refractivity contribution < 1.29 is 14.0 Å². The molecule has 1 heterocycles. The summed E-state index contributed by atoms with van der Waals surface area (Å²) in [5, 5.41) is 5.31. The van der Waals surface area contributed by atoms with Crippen molar-refractivity contribution in [1.82, 2.24) is 9.88 Å². The van der Waals surface area contributed by atoms with Gasteiger partial charge in [0.15, 0.2) is 0 Å². The predicted octanol–water partition coefficient (Wildman–Crippen LogP) is 2.52. The summed E-state index contributed by atoms with van der Waals surface area (Å²) in [7, 11) is 0. The van der Waals surface area contributed by atoms with E-state index in [2.05, 4.69) is 10.6 Å². The first kappa shape index (κ1) is 19.4. The lowest BCUT2D eigenvalue weighted by Crippen LogP contribution is -2.35. The number of hydrogen-bond acceptors (Lipinski definition) is 3. The third kappa shape index (κ3) is 4.78. The Hall–Kier alpha value is -2.96. The Labute approximate surface area is 151 Å². The van der Waals surface area contributed by atoms with Crippen LogP contribution in [0.3, 0.4) is 0 Å². The molecule has 26 heavy (non-hydrogen) atoms. The van der Waals surface area contributed by atoms with E-state index in [4.69, 9.17) is 0 Å². The Morgan fingerprint density at radius 1 is 1.12 bits per heavy atom. The third-order valence-electron chi connectivity index (χ3n) is 4.04. The molecule has 0 aliphatic rings. The SMILES string of the molecule is CCC(=O)Nc1ccc(C)n(CC(=O)N[C@H](C)c2ccc(F)cc2)c1=O. The van der Waals surface area contributed by atoms with Gasteiger partial charge in [-0.15, -0.1) is 0 Å². The summed E-state index contributed by atoms with van der Waals surface area (Å²) in [5.41, 5.74) is 1.07. The number of amides is 2. The Morgan fingerprint density at radius 2 is 1.77 bits per heavy atom. The quantitative estimate of drug-likeness (QED) is 0.832. The molecule has 0 bridgehead atoms. The van der Waals surface area contributed by atoms with Crippen LogP contribution >= 0.6 is 0 Å². The molecule has 0 fully saturated rings. The maximum absolute atomic E-state index is 13.0. The Morgan fingerprint density at radius 3 is 2.38 bits per heavy atom. The van der Waals surface area contributed by atoms with E-state index in [1.807, 2.05) is 0 Å². The highest BCUT2D eigenvalue weighted by Crippen LogP contribution is 2.13. The van der Waals surface area contributed by atoms with Crippen LogP contribution in [-0.4, -0.2) is 16.4 Å². The fourth-order valence-corrected chi connectivity index (χ4v) is 2.47. The first-order chi connectivity index (χ1) is 12.3. The van der Waals surface area contributed by atoms with Gasteiger partial charge in [0.1, 0.15) is 18.0 Å². The fourth-order valence-electron chi connectivity index (χ4n) is 2.47. The average molecular weight is 359 g/mol. The van der Waals surface area contributed by atoms with Crippen molar-refractivity contribution in [3.05, 3.63) is 63.8 Å². The minimum absolute atomic E-state index is 0.141. The van der Waals surface area contributed by atoms with Crippen molar-refractivity contribution in [1.29, 1.82) is 0 Å². The van der Waals surface area contributed by atoms with Gasteiger partial charge in [0.25, 0.3) is 5.56 Å². The molecule has 2 N–H and O–H groups in total. The Balaban J connectivity index is 2.13. The highest BCUT2D eigenvalue weighted by Gasteiger charge is 2.14. The molecule has 1 atom stereocenters. The molecule has 0 unspecified atom stereocenters. The van der Waals surface area contributed by atoms with Crippen LogP contribution in [0.2, 0.25) is 0 Å². The minimum atomic E-state index is -0.434. The van der Waals surface area contributed by atoms with E-state index in [9.17, 15) is 18.8 Å². The first-order valence-corrected chi connectivity index (χ1v) is 8.37. The highest BCUT2D eigenvalue weighted by atomic mass is 19.1. The molecular weight excluding hydrogens is 337 g/mol. The van der Waals surface area contributed by atoms with Crippen LogP contribution in [-0.2, 0) is 16.1 Å². The molecule has 2 aromatic rings. The zero-order valence-corrected chi connectivity index (χ0v) is 15.0. The lowest BCUT2D eigenvalue weighted by Gasteiger charge is -2.16. The lowest BCUT2D eigenvalue weighted by molar-refractivity contribution is -0.122. The van der Waals surface area contributed by atoms with Gasteiger partial charge in [-0.1, -0.05) is 19.1 Å². The van der Waals surface area contributed by atoms with E-state index in [0.717, 1.165) is 5.56 Å². The topological polar surface area (TPSA) is 80.2 Å². The maximum atomic E-state index is 13.0. The number of pyridine rings is 1. The van der Waals surface area contributed by atoms with Gasteiger partial charge in [-0.05, 0) is 43.7 Å². The maximum Gasteiger partial charge on any atom is 0.274 e. The molecule has 2 rings (SSSR count). The lowest BCUT2D eigenvalue weighted by atomic mass is 10.1. The van der Waals surface area contributed by atoms with E-state index >= 15 is 0 Å². The number of benzene rings is 1. The summed E-state index contributed by atoms with van der Waals surface area (Å²) < 4.78 is 14.3. The average Bonchev–Trinajstić information content (AvgIpc) is 2.61. The van der Waals surface area contributed by atoms with Crippen molar-refractivity contribution in [2.75, 3.05) is 5.32 Å². The van der Waals surface area contributed by atoms with Gasteiger partial charge in [0.05, 0.1) is 6.04 Å². The van der Waals surface area contributed by atoms with Crippen molar-refractivity contribution in [3.63, 3.8) is 0 Å². The van der Waals surface area contributed by atoms with Crippen LogP contribution < -0.4 is 16.2 Å². The van der Waals surface area contributed by atoms with E-state index in [1.165, 1.54) is 22.8 Å². The zero-order valence-electron chi connectivity index (χ0n) is 15.0. The molecule has 1 aromatic carbocycles. The van der Waals surface area contributed by atoms with Gasteiger partial charge in [0.2, 0.25) is 11.8 Å². The number of carbonyl (C=O) groups is 2. The Kier molecular flexibility index (Phi) is 6.27. The summed E-state index contributed by atoms with van der Waals surface area (Å²) in [4.78, 5) is 36.3. The molecule has 0 spiro atoms. The number of nitrogens with one attached hydrogen (secondary N) is 2. The molecule has 0 aliphatic carbocycles. The molecule has 0 radical (unpaired) electrons. The van der Waals surface area contributed by atoms with E-state index in [1.54, 1.807) is 39.0 Å². The summed E-state index contributed by atoms with van der Waals surface area (Å²) in [6.45, 7) is 5.00. The van der Waals surface area contributed by atoms with Crippen LogP contribution in [0.5, 0.6) is 0 Å². The molecule has 2 amide bonds. The van der Waals surface area contributed by atoms with Gasteiger partial charge in [-0.3, -0.25) is 14.4 Å². The summed E-state index contributed by atoms with van der Waals surface area (Å²) in [6, 6.07) is 8.71. The smallest absolute Gasteiger partial charge is 0.274 e. The molecular formula is C19H22FN3O3. The number of carbonyl (C=O) groups excluding carboxylic acids is 2. The normalized spacial score (nSPS) is 11.7. The van der Waals surface area contributed by atoms with Gasteiger partial charge < -0.3 is 15.2 Å². The van der Waals surface area contributed by atoms with Gasteiger partial charge >= 0.3 is 0 Å². The standard InChI is InChI=1S/C19H22FN3O3/c1-4-17(24)22-16-10-5-12(2)23(19(16)26)11-18(25)21-13(3)14-6-8-15(20)9-7-14/h5-10,13H,4,11H2,1-3H3,(H,21,25)(H,22,24)/t13-/m1/s1. The number of hydrogen-bond donors (Lipinski definition) is 2. The van der Waals surface area contributed by atoms with Crippen LogP contribution in [0.25, 0.3) is 0 Å². The van der Waals surface area contributed by atoms with E-state index in [-0.39, 0.29) is 42.3 Å². The number of nitrogens with zero attached hydrogens (tertiary/aromatic N) is 1. The number of rotatable bonds is 6. The molecule has 0 saturated heterocycles. The van der Waals surface area contributed by atoms with Crippen molar-refractivity contribution in [3.8, 4) is 0 Å². The zero-order chi connectivity index (χ0) is 19.3. The summed E-state index contributed by atoms with van der Waals surface area (Å²) in [6.07, 6.45) is 0.253. The number of aryl methyl sites for hydroxylation is 1. The monoisotopic (exact) mass is 359 g/mol. The van der Waals surface area contributed by atoms with Crippen molar-refractivity contribution in [2.45, 2.75) is 39.8 Å². The number of aromatic nitrogens is 1. The van der Waals surface area contributed by atoms with E-state index < -0.39 is 5.56 Å². The van der Waals surface area contributed by atoms with Gasteiger partial charge in [0, 0.05) is 12.1 Å². The van der Waals surface area contributed by atoms with Crippen LogP contribution in [0.1, 0.15) is 37.6 Å². The van der Waals surface area contributed by atoms with E-state index in [0.29, 0.717) is 5.69 Å². The molecule has 1 aromatic heterocycles. The van der Waals surface area contributed by atoms with Crippen molar-refractivity contribution >= 4 is 17.5 Å². The number of halogens is 1. The molecule has 0 aliphatic heterocycles. The first-order valence-electron chi connectivity index (χ1n) is 8.37. The summed E-state index contributed by atoms with van der Waals surface area (Å²) in [5.74, 6) is -0.974. The van der Waals surface area contributed by atoms with Crippen LogP contribution in [0, 0.1) is 12.7 Å². The second kappa shape index (κ2) is 8.42. The van der Waals surface area contributed by atoms with Crippen LogP contribution in [0.15, 0.2) is 41.2 Å². The minimum Gasteiger partial charge on any atom is -0.348 e. The van der Waals surface area contributed by atoms with Gasteiger partial charge in [-0.25, -0.2) is 4.39 Å². The predicted molar refractivity (Wildman–Crippen MR) is 97.3 cm³/mol. The highest BCUT2D eigenvalue weighted by molar-refractivity contribution is 5.90. The molecule has 138 valence electrons. The molecule has 0 saturated carbocycles. The largest absolute Gasteiger partial charge is 0.348 e. The fraction of sp³-hybridized carbons (Fsp3) is 0.316. The molecule has 6 nitrogen and oxygen atoms in total. The second-order valence-electron chi connectivity index (χ2n) is 6.02. The third-order valence-corrected chi connectivity index (χ3v) is 4.04. The molecule has 7 heteroatoms. The Bertz CT molecular complexity index is 859. The van der Waals surface area contributed by atoms with Crippen LogP contribution in [0.4, 0.5) is 10.1 Å². The second-order valence-corrected chi connectivity index (χ2v) is 6.02. The number of anilines is 1. The van der Waals surface area contributed by atoms with Crippen molar-refractivity contribution in [2.24, 2.45) is 0 Å².